The number of ether oxygens (including phenoxy) is 2. The SMILES string of the molecule is CCCN(C)C[C@@H]1OCCCC[C@@H](C)Oc2ccc(NS(=O)(=O)c3ccc(Cl)cc3)cc2C(=O)N([C@@H](C)CO)C[C@@H]1C. The predicted molar refractivity (Wildman–Crippen MR) is 167 cm³/mol. The molecule has 9 nitrogen and oxygen atoms in total. The molecule has 0 fully saturated rings. The Morgan fingerprint density at radius 3 is 2.55 bits per heavy atom. The summed E-state index contributed by atoms with van der Waals surface area (Å²) in [5.41, 5.74) is 0.449. The van der Waals surface area contributed by atoms with Crippen molar-refractivity contribution >= 4 is 33.2 Å². The first-order chi connectivity index (χ1) is 19.9. The number of benzene rings is 2. The van der Waals surface area contributed by atoms with Gasteiger partial charge in [0.2, 0.25) is 0 Å². The maximum absolute atomic E-state index is 14.2. The van der Waals surface area contributed by atoms with Gasteiger partial charge in [0.05, 0.1) is 35.3 Å². The molecule has 0 spiro atoms. The molecule has 3 rings (SSSR count). The number of anilines is 1. The van der Waals surface area contributed by atoms with Crippen LogP contribution in [-0.2, 0) is 14.8 Å². The van der Waals surface area contributed by atoms with Gasteiger partial charge >= 0.3 is 0 Å². The lowest BCUT2D eigenvalue weighted by Crippen LogP contribution is -2.47. The number of amides is 1. The number of aliphatic hydroxyl groups is 1. The molecule has 0 aliphatic carbocycles. The first-order valence-corrected chi connectivity index (χ1v) is 16.6. The van der Waals surface area contributed by atoms with Crippen LogP contribution in [-0.4, -0.2) is 87.4 Å². The molecular formula is C31H46ClN3O6S. The second-order valence-electron chi connectivity index (χ2n) is 11.3. The summed E-state index contributed by atoms with van der Waals surface area (Å²) in [6.07, 6.45) is 3.32. The molecule has 2 aromatic carbocycles. The average molecular weight is 624 g/mol. The van der Waals surface area contributed by atoms with E-state index in [2.05, 4.69) is 30.5 Å². The highest BCUT2D eigenvalue weighted by Gasteiger charge is 2.30. The van der Waals surface area contributed by atoms with E-state index in [1.807, 2.05) is 6.92 Å². The zero-order chi connectivity index (χ0) is 30.9. The number of hydrogen-bond donors (Lipinski definition) is 2. The van der Waals surface area contributed by atoms with E-state index in [1.165, 1.54) is 30.3 Å². The molecule has 1 aliphatic rings. The summed E-state index contributed by atoms with van der Waals surface area (Å²) in [4.78, 5) is 18.1. The van der Waals surface area contributed by atoms with Crippen molar-refractivity contribution in [2.45, 2.75) is 76.5 Å². The first kappa shape index (κ1) is 34.1. The van der Waals surface area contributed by atoms with Gasteiger partial charge in [-0.05, 0) is 95.6 Å². The Hall–Kier alpha value is -2.37. The lowest BCUT2D eigenvalue weighted by molar-refractivity contribution is -0.0167. The number of halogens is 1. The summed E-state index contributed by atoms with van der Waals surface area (Å²) < 4.78 is 41.4. The molecule has 0 radical (unpaired) electrons. The van der Waals surface area contributed by atoms with Gasteiger partial charge in [0.1, 0.15) is 5.75 Å². The summed E-state index contributed by atoms with van der Waals surface area (Å²) >= 11 is 5.93. The van der Waals surface area contributed by atoms with Crippen molar-refractivity contribution < 1.29 is 27.8 Å². The highest BCUT2D eigenvalue weighted by atomic mass is 35.5. The summed E-state index contributed by atoms with van der Waals surface area (Å²) in [7, 11) is -1.86. The number of nitrogens with one attached hydrogen (secondary N) is 1. The van der Waals surface area contributed by atoms with Crippen molar-refractivity contribution in [3.05, 3.63) is 53.1 Å². The normalized spacial score (nSPS) is 21.8. The third-order valence-corrected chi connectivity index (χ3v) is 9.17. The zero-order valence-electron chi connectivity index (χ0n) is 25.4. The van der Waals surface area contributed by atoms with Crippen LogP contribution in [0.4, 0.5) is 5.69 Å². The molecule has 42 heavy (non-hydrogen) atoms. The summed E-state index contributed by atoms with van der Waals surface area (Å²) in [5, 5.41) is 10.5. The standard InChI is InChI=1S/C31H46ClN3O6S/c1-6-16-34(5)20-30-22(2)19-35(23(3)21-36)31(37)28-18-26(33-42(38,39)27-13-10-25(32)11-14-27)12-15-29(28)41-24(4)9-7-8-17-40-30/h10-15,18,22-24,30,33,36H,6-9,16-17,19-21H2,1-5H3/t22-,23-,24+,30-/m0/s1. The third-order valence-electron chi connectivity index (χ3n) is 7.52. The largest absolute Gasteiger partial charge is 0.490 e. The number of rotatable bonds is 9. The lowest BCUT2D eigenvalue weighted by Gasteiger charge is -2.35. The first-order valence-electron chi connectivity index (χ1n) is 14.8. The van der Waals surface area contributed by atoms with Gasteiger partial charge in [-0.15, -0.1) is 0 Å². The van der Waals surface area contributed by atoms with Crippen LogP contribution in [0.1, 0.15) is 63.7 Å². The molecule has 0 bridgehead atoms. The average Bonchev–Trinajstić information content (AvgIpc) is 2.94. The molecule has 0 unspecified atom stereocenters. The lowest BCUT2D eigenvalue weighted by atomic mass is 10.0. The van der Waals surface area contributed by atoms with Gasteiger partial charge in [0.25, 0.3) is 15.9 Å². The van der Waals surface area contributed by atoms with Gasteiger partial charge in [-0.2, -0.15) is 0 Å². The molecule has 2 aromatic rings. The fourth-order valence-corrected chi connectivity index (χ4v) is 6.23. The van der Waals surface area contributed by atoms with E-state index >= 15 is 0 Å². The molecule has 0 aromatic heterocycles. The van der Waals surface area contributed by atoms with E-state index in [0.717, 1.165) is 38.8 Å². The number of carbonyl (C=O) groups is 1. The number of hydrogen-bond acceptors (Lipinski definition) is 7. The van der Waals surface area contributed by atoms with E-state index < -0.39 is 16.1 Å². The van der Waals surface area contributed by atoms with Crippen LogP contribution < -0.4 is 9.46 Å². The Bertz CT molecular complexity index is 1260. The minimum atomic E-state index is -3.94. The van der Waals surface area contributed by atoms with Crippen molar-refractivity contribution in [2.75, 3.05) is 44.6 Å². The molecule has 0 saturated heterocycles. The zero-order valence-corrected chi connectivity index (χ0v) is 27.0. The molecule has 11 heteroatoms. The van der Waals surface area contributed by atoms with Crippen LogP contribution in [0.2, 0.25) is 5.02 Å². The Balaban J connectivity index is 2.00. The van der Waals surface area contributed by atoms with Crippen molar-refractivity contribution in [3.8, 4) is 5.75 Å². The minimum absolute atomic E-state index is 0.0277. The Labute approximate surface area is 256 Å². The van der Waals surface area contributed by atoms with Crippen molar-refractivity contribution in [3.63, 3.8) is 0 Å². The van der Waals surface area contributed by atoms with Crippen molar-refractivity contribution in [2.24, 2.45) is 5.92 Å². The quantitative estimate of drug-likeness (QED) is 0.391. The molecule has 1 aliphatic heterocycles. The van der Waals surface area contributed by atoms with E-state index in [9.17, 15) is 18.3 Å². The van der Waals surface area contributed by atoms with E-state index in [4.69, 9.17) is 21.1 Å². The Kier molecular flexibility index (Phi) is 12.9. The van der Waals surface area contributed by atoms with Crippen LogP contribution in [0.15, 0.2) is 47.4 Å². The fraction of sp³-hybridized carbons (Fsp3) is 0.581. The second kappa shape index (κ2) is 15.9. The van der Waals surface area contributed by atoms with Gasteiger partial charge in [0, 0.05) is 36.3 Å². The van der Waals surface area contributed by atoms with Gasteiger partial charge in [0.15, 0.2) is 0 Å². The molecule has 1 heterocycles. The minimum Gasteiger partial charge on any atom is -0.490 e. The third kappa shape index (κ3) is 9.57. The van der Waals surface area contributed by atoms with Gasteiger partial charge in [-0.3, -0.25) is 9.52 Å². The Morgan fingerprint density at radius 1 is 1.17 bits per heavy atom. The highest BCUT2D eigenvalue weighted by Crippen LogP contribution is 2.29. The molecule has 4 atom stereocenters. The topological polar surface area (TPSA) is 108 Å². The molecule has 0 saturated carbocycles. The maximum Gasteiger partial charge on any atom is 0.261 e. The van der Waals surface area contributed by atoms with Crippen LogP contribution in [0.25, 0.3) is 0 Å². The van der Waals surface area contributed by atoms with Gasteiger partial charge in [-0.1, -0.05) is 25.4 Å². The van der Waals surface area contributed by atoms with Crippen LogP contribution in [0.3, 0.4) is 0 Å². The van der Waals surface area contributed by atoms with E-state index in [0.29, 0.717) is 23.9 Å². The number of fused-ring (bicyclic) bond motifs is 1. The number of likely N-dealkylation sites (N-methyl/N-ethyl adjacent to an activating group) is 1. The second-order valence-corrected chi connectivity index (χ2v) is 13.5. The van der Waals surface area contributed by atoms with E-state index in [-0.39, 0.29) is 46.8 Å². The van der Waals surface area contributed by atoms with Crippen molar-refractivity contribution in [1.29, 1.82) is 0 Å². The molecular weight excluding hydrogens is 578 g/mol. The van der Waals surface area contributed by atoms with Crippen LogP contribution >= 0.6 is 11.6 Å². The predicted octanol–water partition coefficient (Wildman–Crippen LogP) is 5.28. The summed E-state index contributed by atoms with van der Waals surface area (Å²) in [5.74, 6) is -0.00628. The molecule has 234 valence electrons. The number of nitrogens with zero attached hydrogens (tertiary/aromatic N) is 2. The summed E-state index contributed by atoms with van der Waals surface area (Å²) in [6.45, 7) is 10.4. The summed E-state index contributed by atoms with van der Waals surface area (Å²) in [6, 6.07) is 10.1. The monoisotopic (exact) mass is 623 g/mol. The highest BCUT2D eigenvalue weighted by molar-refractivity contribution is 7.92. The van der Waals surface area contributed by atoms with Gasteiger partial charge < -0.3 is 24.4 Å². The van der Waals surface area contributed by atoms with Crippen LogP contribution in [0, 0.1) is 5.92 Å². The smallest absolute Gasteiger partial charge is 0.261 e. The Morgan fingerprint density at radius 2 is 1.88 bits per heavy atom. The number of sulfonamides is 1. The van der Waals surface area contributed by atoms with Crippen LogP contribution in [0.5, 0.6) is 5.75 Å². The maximum atomic E-state index is 14.2. The fourth-order valence-electron chi connectivity index (χ4n) is 5.06. The number of carbonyl (C=O) groups excluding carboxylic acids is 1. The molecule has 2 N–H and O–H groups in total. The molecule has 1 amide bonds. The number of aliphatic hydroxyl groups excluding tert-OH is 1. The van der Waals surface area contributed by atoms with E-state index in [1.54, 1.807) is 24.0 Å². The van der Waals surface area contributed by atoms with Crippen molar-refractivity contribution in [1.82, 2.24) is 9.80 Å². The van der Waals surface area contributed by atoms with Gasteiger partial charge in [-0.25, -0.2) is 8.42 Å².